The number of ether oxygens (including phenoxy) is 1. The maximum absolute atomic E-state index is 11.3. The first kappa shape index (κ1) is 14.2. The molecule has 0 saturated carbocycles. The number of carbonyl (C=O) groups excluding carboxylic acids is 2. The van der Waals surface area contributed by atoms with Gasteiger partial charge in [-0.1, -0.05) is 11.2 Å². The van der Waals surface area contributed by atoms with E-state index in [9.17, 15) is 9.59 Å². The summed E-state index contributed by atoms with van der Waals surface area (Å²) in [6, 6.07) is 3.79. The molecule has 0 unspecified atom stereocenters. The van der Waals surface area contributed by atoms with E-state index >= 15 is 0 Å². The van der Waals surface area contributed by atoms with E-state index in [4.69, 9.17) is 4.52 Å². The summed E-state index contributed by atoms with van der Waals surface area (Å²) in [6.07, 6.45) is 0.351. The molecule has 2 heterocycles. The summed E-state index contributed by atoms with van der Waals surface area (Å²) in [5.74, 6) is -0.744. The van der Waals surface area contributed by atoms with Crippen LogP contribution in [-0.4, -0.2) is 35.2 Å². The maximum Gasteiger partial charge on any atom is 0.396 e. The minimum absolute atomic E-state index is 0.167. The largest absolute Gasteiger partial charge is 0.459 e. The molecule has 1 N–H and O–H groups in total. The van der Waals surface area contributed by atoms with Crippen molar-refractivity contribution in [1.29, 1.82) is 0 Å². The summed E-state index contributed by atoms with van der Waals surface area (Å²) < 4.78 is 9.61. The predicted octanol–water partition coefficient (Wildman–Crippen LogP) is 1.02. The summed E-state index contributed by atoms with van der Waals surface area (Å²) in [4.78, 5) is 27.4. The molecule has 7 nitrogen and oxygen atoms in total. The lowest BCUT2D eigenvalue weighted by molar-refractivity contribution is -0.154. The van der Waals surface area contributed by atoms with E-state index in [1.165, 1.54) is 11.3 Å². The Kier molecular flexibility index (Phi) is 4.83. The van der Waals surface area contributed by atoms with Crippen molar-refractivity contribution >= 4 is 23.2 Å². The molecule has 0 fully saturated rings. The van der Waals surface area contributed by atoms with Gasteiger partial charge < -0.3 is 14.6 Å². The van der Waals surface area contributed by atoms with E-state index < -0.39 is 11.9 Å². The first-order valence-electron chi connectivity index (χ1n) is 6.02. The molecule has 0 aliphatic rings. The first-order valence-corrected chi connectivity index (χ1v) is 6.90. The van der Waals surface area contributed by atoms with Gasteiger partial charge in [-0.2, -0.15) is 4.98 Å². The third kappa shape index (κ3) is 3.64. The van der Waals surface area contributed by atoms with Gasteiger partial charge in [-0.3, -0.25) is 4.79 Å². The van der Waals surface area contributed by atoms with Crippen LogP contribution in [0.25, 0.3) is 10.7 Å². The van der Waals surface area contributed by atoms with Crippen LogP contribution < -0.4 is 5.32 Å². The minimum Gasteiger partial charge on any atom is -0.459 e. The zero-order valence-corrected chi connectivity index (χ0v) is 11.6. The molecule has 0 radical (unpaired) electrons. The van der Waals surface area contributed by atoms with Crippen molar-refractivity contribution in [3.05, 3.63) is 23.4 Å². The number of nitrogens with zero attached hydrogens (tertiary/aromatic N) is 2. The third-order valence-corrected chi connectivity index (χ3v) is 3.16. The van der Waals surface area contributed by atoms with Crippen LogP contribution in [0.4, 0.5) is 0 Å². The highest BCUT2D eigenvalue weighted by Gasteiger charge is 2.14. The van der Waals surface area contributed by atoms with Gasteiger partial charge in [-0.05, 0) is 18.4 Å². The zero-order valence-electron chi connectivity index (χ0n) is 10.8. The van der Waals surface area contributed by atoms with Crippen LogP contribution in [-0.2, 0) is 20.7 Å². The monoisotopic (exact) mass is 295 g/mol. The van der Waals surface area contributed by atoms with Gasteiger partial charge in [-0.25, -0.2) is 4.79 Å². The predicted molar refractivity (Wildman–Crippen MR) is 71.0 cm³/mol. The highest BCUT2D eigenvalue weighted by Crippen LogP contribution is 2.21. The van der Waals surface area contributed by atoms with E-state index in [0.717, 1.165) is 4.88 Å². The summed E-state index contributed by atoms with van der Waals surface area (Å²) >= 11 is 1.51. The fourth-order valence-electron chi connectivity index (χ4n) is 1.41. The number of hydrogen-bond donors (Lipinski definition) is 1. The van der Waals surface area contributed by atoms with Crippen LogP contribution >= 0.6 is 11.3 Å². The van der Waals surface area contributed by atoms with Crippen molar-refractivity contribution in [2.75, 3.05) is 13.2 Å². The minimum atomic E-state index is -0.891. The molecule has 0 atom stereocenters. The molecule has 0 spiro atoms. The van der Waals surface area contributed by atoms with Gasteiger partial charge in [0.15, 0.2) is 0 Å². The second kappa shape index (κ2) is 6.80. The summed E-state index contributed by atoms with van der Waals surface area (Å²) in [5.41, 5.74) is 0. The van der Waals surface area contributed by atoms with Crippen molar-refractivity contribution in [1.82, 2.24) is 15.5 Å². The van der Waals surface area contributed by atoms with Crippen LogP contribution in [0.2, 0.25) is 0 Å². The smallest absolute Gasteiger partial charge is 0.396 e. The Balaban J connectivity index is 1.80. The van der Waals surface area contributed by atoms with Gasteiger partial charge in [0, 0.05) is 13.0 Å². The Hall–Kier alpha value is -2.22. The quantitative estimate of drug-likeness (QED) is 0.653. The van der Waals surface area contributed by atoms with Crippen LogP contribution in [0.3, 0.4) is 0 Å². The Labute approximate surface area is 118 Å². The Bertz CT molecular complexity index is 579. The van der Waals surface area contributed by atoms with Crippen molar-refractivity contribution in [3.8, 4) is 10.7 Å². The Morgan fingerprint density at radius 2 is 2.35 bits per heavy atom. The van der Waals surface area contributed by atoms with E-state index in [1.54, 1.807) is 6.92 Å². The zero-order chi connectivity index (χ0) is 14.4. The maximum atomic E-state index is 11.3. The Morgan fingerprint density at radius 3 is 3.05 bits per heavy atom. The molecule has 106 valence electrons. The second-order valence-electron chi connectivity index (χ2n) is 3.72. The average Bonchev–Trinajstić information content (AvgIpc) is 3.09. The highest BCUT2D eigenvalue weighted by molar-refractivity contribution is 7.13. The van der Waals surface area contributed by atoms with Crippen molar-refractivity contribution in [2.24, 2.45) is 0 Å². The molecular formula is C12H13N3O4S. The van der Waals surface area contributed by atoms with E-state index in [1.807, 2.05) is 17.5 Å². The van der Waals surface area contributed by atoms with Crippen LogP contribution in [0.15, 0.2) is 22.0 Å². The van der Waals surface area contributed by atoms with E-state index in [2.05, 4.69) is 20.2 Å². The summed E-state index contributed by atoms with van der Waals surface area (Å²) in [5, 5.41) is 8.18. The normalized spacial score (nSPS) is 10.2. The first-order chi connectivity index (χ1) is 9.70. The SMILES string of the molecule is CCOC(=O)C(=O)NCCc1nc(-c2cccs2)no1. The number of nitrogens with one attached hydrogen (secondary N) is 1. The van der Waals surface area contributed by atoms with Crippen LogP contribution in [0.5, 0.6) is 0 Å². The molecule has 20 heavy (non-hydrogen) atoms. The van der Waals surface area contributed by atoms with Gasteiger partial charge >= 0.3 is 11.9 Å². The van der Waals surface area contributed by atoms with E-state index in [-0.39, 0.29) is 13.2 Å². The van der Waals surface area contributed by atoms with Crippen LogP contribution in [0.1, 0.15) is 12.8 Å². The molecule has 0 aromatic carbocycles. The number of rotatable bonds is 5. The number of aromatic nitrogens is 2. The summed E-state index contributed by atoms with van der Waals surface area (Å²) in [6.45, 7) is 2.03. The molecule has 0 aliphatic heterocycles. The lowest BCUT2D eigenvalue weighted by Crippen LogP contribution is -2.33. The molecule has 1 amide bonds. The topological polar surface area (TPSA) is 94.3 Å². The van der Waals surface area contributed by atoms with Crippen molar-refractivity contribution in [2.45, 2.75) is 13.3 Å². The van der Waals surface area contributed by atoms with Gasteiger partial charge in [0.05, 0.1) is 11.5 Å². The number of hydrogen-bond acceptors (Lipinski definition) is 7. The molecule has 0 bridgehead atoms. The second-order valence-corrected chi connectivity index (χ2v) is 4.66. The lowest BCUT2D eigenvalue weighted by Gasteiger charge is -2.02. The number of amides is 1. The molecule has 0 aliphatic carbocycles. The highest BCUT2D eigenvalue weighted by atomic mass is 32.1. The molecule has 2 rings (SSSR count). The third-order valence-electron chi connectivity index (χ3n) is 2.29. The van der Waals surface area contributed by atoms with Gasteiger partial charge in [-0.15, -0.1) is 11.3 Å². The molecule has 8 heteroatoms. The van der Waals surface area contributed by atoms with Gasteiger partial charge in [0.25, 0.3) is 0 Å². The Morgan fingerprint density at radius 1 is 1.50 bits per heavy atom. The number of thiophene rings is 1. The van der Waals surface area contributed by atoms with Crippen molar-refractivity contribution in [3.63, 3.8) is 0 Å². The average molecular weight is 295 g/mol. The van der Waals surface area contributed by atoms with E-state index in [0.29, 0.717) is 18.1 Å². The molecule has 0 saturated heterocycles. The standard InChI is InChI=1S/C12H13N3O4S/c1-2-18-12(17)11(16)13-6-5-9-14-10(15-19-9)8-4-3-7-20-8/h3-4,7H,2,5-6H2,1H3,(H,13,16). The number of esters is 1. The van der Waals surface area contributed by atoms with Crippen molar-refractivity contribution < 1.29 is 18.8 Å². The fraction of sp³-hybridized carbons (Fsp3) is 0.333. The summed E-state index contributed by atoms with van der Waals surface area (Å²) in [7, 11) is 0. The van der Waals surface area contributed by atoms with Crippen LogP contribution in [0, 0.1) is 0 Å². The molecule has 2 aromatic heterocycles. The van der Waals surface area contributed by atoms with Gasteiger partial charge in [0.1, 0.15) is 0 Å². The number of carbonyl (C=O) groups is 2. The molecule has 2 aromatic rings. The molecular weight excluding hydrogens is 282 g/mol. The van der Waals surface area contributed by atoms with Gasteiger partial charge in [0.2, 0.25) is 11.7 Å². The lowest BCUT2D eigenvalue weighted by atomic mass is 10.4. The fourth-order valence-corrected chi connectivity index (χ4v) is 2.06.